The van der Waals surface area contributed by atoms with Gasteiger partial charge in [-0.15, -0.1) is 0 Å². The largest absolute Gasteiger partial charge is 0.446 e. The lowest BCUT2D eigenvalue weighted by Gasteiger charge is -2.20. The number of anilines is 1. The molecule has 1 heterocycles. The Kier molecular flexibility index (Phi) is 2.36. The molecule has 0 fully saturated rings. The first-order valence-corrected chi connectivity index (χ1v) is 4.37. The Hall–Kier alpha value is -1.94. The summed E-state index contributed by atoms with van der Waals surface area (Å²) in [6.45, 7) is 0.0395. The molecule has 0 amide bonds. The zero-order valence-corrected chi connectivity index (χ0v) is 7.89. The van der Waals surface area contributed by atoms with Crippen molar-refractivity contribution < 1.29 is 22.7 Å². The number of carbonyl (C=O) groups excluding carboxylic acids is 1. The van der Waals surface area contributed by atoms with Gasteiger partial charge in [0.2, 0.25) is 5.76 Å². The highest BCUT2D eigenvalue weighted by molar-refractivity contribution is 5.65. The minimum absolute atomic E-state index is 0.0206. The molecule has 0 unspecified atom stereocenters. The Labute approximate surface area is 88.5 Å². The molecule has 1 aliphatic heterocycles. The second-order valence-electron chi connectivity index (χ2n) is 3.19. The molecule has 1 aromatic rings. The van der Waals surface area contributed by atoms with Gasteiger partial charge in [-0.2, -0.15) is 13.2 Å². The number of hydrogen-bond acceptors (Lipinski definition) is 3. The van der Waals surface area contributed by atoms with Gasteiger partial charge in [-0.05, 0) is 18.2 Å². The number of nitrogens with one attached hydrogen (secondary N) is 1. The molecular weight excluding hydrogens is 223 g/mol. The van der Waals surface area contributed by atoms with Crippen LogP contribution in [0.15, 0.2) is 24.0 Å². The van der Waals surface area contributed by atoms with Crippen molar-refractivity contribution in [1.29, 1.82) is 0 Å². The van der Waals surface area contributed by atoms with Gasteiger partial charge >= 0.3 is 6.18 Å². The minimum atomic E-state index is -4.39. The fraction of sp³-hybridized carbons (Fsp3) is 0.200. The molecule has 0 saturated carbocycles. The first kappa shape index (κ1) is 10.6. The Morgan fingerprint density at radius 2 is 2.12 bits per heavy atom. The predicted molar refractivity (Wildman–Crippen MR) is 49.8 cm³/mol. The summed E-state index contributed by atoms with van der Waals surface area (Å²) in [4.78, 5) is 10.3. The van der Waals surface area contributed by atoms with Gasteiger partial charge in [-0.1, -0.05) is 0 Å². The zero-order valence-electron chi connectivity index (χ0n) is 7.89. The monoisotopic (exact) mass is 229 g/mol. The Morgan fingerprint density at radius 3 is 2.75 bits per heavy atom. The molecule has 0 spiro atoms. The summed E-state index contributed by atoms with van der Waals surface area (Å²) in [5.74, 6) is 1.76. The van der Waals surface area contributed by atoms with E-state index in [4.69, 9.17) is 4.74 Å². The van der Waals surface area contributed by atoms with Gasteiger partial charge in [0.15, 0.2) is 11.7 Å². The average molecular weight is 229 g/mol. The standard InChI is InChI=1S/C10H6F3NO2/c11-10(12,13)6-1-2-9-8(3-6)14-4-7(5-15)16-9/h1-3,14H,4H2. The second-order valence-corrected chi connectivity index (χ2v) is 3.19. The van der Waals surface area contributed by atoms with Gasteiger partial charge in [0.1, 0.15) is 0 Å². The SMILES string of the molecule is O=C=C1CNc2cc(C(F)(F)F)ccc2O1. The molecule has 84 valence electrons. The predicted octanol–water partition coefficient (Wildman–Crippen LogP) is 2.23. The highest BCUT2D eigenvalue weighted by atomic mass is 19.4. The molecule has 1 aromatic carbocycles. The minimum Gasteiger partial charge on any atom is -0.446 e. The Balaban J connectivity index is 2.39. The number of rotatable bonds is 0. The molecule has 1 aliphatic rings. The van der Waals surface area contributed by atoms with Crippen LogP contribution in [-0.2, 0) is 11.0 Å². The molecule has 0 radical (unpaired) electrons. The van der Waals surface area contributed by atoms with Gasteiger partial charge in [-0.25, -0.2) is 4.79 Å². The smallest absolute Gasteiger partial charge is 0.416 e. The lowest BCUT2D eigenvalue weighted by molar-refractivity contribution is -0.137. The van der Waals surface area contributed by atoms with E-state index < -0.39 is 11.7 Å². The van der Waals surface area contributed by atoms with E-state index in [9.17, 15) is 18.0 Å². The van der Waals surface area contributed by atoms with Crippen molar-refractivity contribution in [1.82, 2.24) is 0 Å². The molecule has 0 atom stereocenters. The highest BCUT2D eigenvalue weighted by Gasteiger charge is 2.31. The van der Waals surface area contributed by atoms with Crippen molar-refractivity contribution in [3.8, 4) is 5.75 Å². The van der Waals surface area contributed by atoms with Gasteiger partial charge in [0.25, 0.3) is 0 Å². The first-order valence-electron chi connectivity index (χ1n) is 4.37. The molecule has 0 aliphatic carbocycles. The van der Waals surface area contributed by atoms with E-state index in [0.717, 1.165) is 12.1 Å². The van der Waals surface area contributed by atoms with Crippen molar-refractivity contribution in [2.24, 2.45) is 0 Å². The summed E-state index contributed by atoms with van der Waals surface area (Å²) in [5.41, 5.74) is -0.547. The molecule has 0 aromatic heterocycles. The van der Waals surface area contributed by atoms with Gasteiger partial charge < -0.3 is 10.1 Å². The number of hydrogen-bond donors (Lipinski definition) is 1. The summed E-state index contributed by atoms with van der Waals surface area (Å²) in [7, 11) is 0. The van der Waals surface area contributed by atoms with Crippen LogP contribution < -0.4 is 10.1 Å². The number of ether oxygens (including phenoxy) is 1. The van der Waals surface area contributed by atoms with Gasteiger partial charge in [-0.3, -0.25) is 0 Å². The summed E-state index contributed by atoms with van der Waals surface area (Å²) >= 11 is 0. The van der Waals surface area contributed by atoms with Crippen molar-refractivity contribution >= 4 is 11.6 Å². The maximum atomic E-state index is 12.4. The third-order valence-corrected chi connectivity index (χ3v) is 2.09. The van der Waals surface area contributed by atoms with Crippen molar-refractivity contribution in [2.45, 2.75) is 6.18 Å². The quantitative estimate of drug-likeness (QED) is 0.693. The van der Waals surface area contributed by atoms with Crippen LogP contribution in [0.5, 0.6) is 5.75 Å². The molecule has 0 bridgehead atoms. The van der Waals surface area contributed by atoms with E-state index in [1.54, 1.807) is 5.94 Å². The van der Waals surface area contributed by atoms with Gasteiger partial charge in [0.05, 0.1) is 17.8 Å². The lowest BCUT2D eigenvalue weighted by Crippen LogP contribution is -2.17. The number of benzene rings is 1. The topological polar surface area (TPSA) is 38.3 Å². The zero-order chi connectivity index (χ0) is 11.8. The van der Waals surface area contributed by atoms with Crippen molar-refractivity contribution in [3.05, 3.63) is 29.5 Å². The first-order chi connectivity index (χ1) is 7.50. The maximum absolute atomic E-state index is 12.4. The number of fused-ring (bicyclic) bond motifs is 1. The summed E-state index contributed by atoms with van der Waals surface area (Å²) in [6, 6.07) is 3.01. The molecular formula is C10H6F3NO2. The fourth-order valence-corrected chi connectivity index (χ4v) is 1.33. The van der Waals surface area contributed by atoms with Crippen LogP contribution in [0.2, 0.25) is 0 Å². The molecule has 3 nitrogen and oxygen atoms in total. The van der Waals surface area contributed by atoms with E-state index >= 15 is 0 Å². The average Bonchev–Trinajstić information content (AvgIpc) is 2.26. The van der Waals surface area contributed by atoms with Crippen LogP contribution in [0.1, 0.15) is 5.56 Å². The van der Waals surface area contributed by atoms with Crippen LogP contribution in [0.3, 0.4) is 0 Å². The lowest BCUT2D eigenvalue weighted by atomic mass is 10.1. The Bertz CT molecular complexity index is 475. The third kappa shape index (κ3) is 1.87. The van der Waals surface area contributed by atoms with E-state index in [1.807, 2.05) is 0 Å². The second kappa shape index (κ2) is 3.57. The number of halogens is 3. The fourth-order valence-electron chi connectivity index (χ4n) is 1.33. The van der Waals surface area contributed by atoms with Crippen LogP contribution in [0, 0.1) is 0 Å². The normalized spacial score (nSPS) is 14.6. The van der Waals surface area contributed by atoms with Crippen LogP contribution in [0.25, 0.3) is 0 Å². The van der Waals surface area contributed by atoms with E-state index in [2.05, 4.69) is 5.32 Å². The van der Waals surface area contributed by atoms with E-state index in [1.165, 1.54) is 6.07 Å². The van der Waals surface area contributed by atoms with Gasteiger partial charge in [0, 0.05) is 0 Å². The summed E-state index contributed by atoms with van der Waals surface area (Å²) < 4.78 is 42.1. The van der Waals surface area contributed by atoms with Crippen LogP contribution >= 0.6 is 0 Å². The third-order valence-electron chi connectivity index (χ3n) is 2.09. The summed E-state index contributed by atoms with van der Waals surface area (Å²) in [6.07, 6.45) is -4.39. The Morgan fingerprint density at radius 1 is 1.38 bits per heavy atom. The molecule has 1 N–H and O–H groups in total. The van der Waals surface area contributed by atoms with E-state index in [-0.39, 0.29) is 23.7 Å². The van der Waals surface area contributed by atoms with Crippen LogP contribution in [-0.4, -0.2) is 12.5 Å². The summed E-state index contributed by atoms with van der Waals surface area (Å²) in [5, 5.41) is 2.65. The van der Waals surface area contributed by atoms with Crippen molar-refractivity contribution in [2.75, 3.05) is 11.9 Å². The molecule has 0 saturated heterocycles. The highest BCUT2D eigenvalue weighted by Crippen LogP contribution is 2.36. The maximum Gasteiger partial charge on any atom is 0.416 e. The van der Waals surface area contributed by atoms with Crippen molar-refractivity contribution in [3.63, 3.8) is 0 Å². The van der Waals surface area contributed by atoms with E-state index in [0.29, 0.717) is 0 Å². The van der Waals surface area contributed by atoms with Crippen LogP contribution in [0.4, 0.5) is 18.9 Å². The number of alkyl halides is 3. The molecule has 2 rings (SSSR count). The molecule has 6 heteroatoms. The molecule has 16 heavy (non-hydrogen) atoms.